The molecular formula is C21H28N5O4S+. The van der Waals surface area contributed by atoms with Crippen LogP contribution in [0.15, 0.2) is 35.0 Å². The van der Waals surface area contributed by atoms with Crippen LogP contribution in [0.1, 0.15) is 46.9 Å². The van der Waals surface area contributed by atoms with Crippen molar-refractivity contribution in [2.45, 2.75) is 33.7 Å². The Morgan fingerprint density at radius 1 is 1.26 bits per heavy atom. The highest BCUT2D eigenvalue weighted by molar-refractivity contribution is 7.12. The summed E-state index contributed by atoms with van der Waals surface area (Å²) in [5, 5.41) is 19.4. The number of aryl methyl sites for hydroxylation is 1. The van der Waals surface area contributed by atoms with Gasteiger partial charge >= 0.3 is 5.82 Å². The zero-order valence-corrected chi connectivity index (χ0v) is 19.3. The van der Waals surface area contributed by atoms with E-state index in [2.05, 4.69) is 48.7 Å². The maximum Gasteiger partial charge on any atom is 0.371 e. The van der Waals surface area contributed by atoms with Gasteiger partial charge in [-0.05, 0) is 41.5 Å². The molecule has 0 radical (unpaired) electrons. The summed E-state index contributed by atoms with van der Waals surface area (Å²) >= 11 is 1.67. The van der Waals surface area contributed by atoms with Crippen molar-refractivity contribution in [1.29, 1.82) is 0 Å². The molecule has 0 aliphatic rings. The number of carbonyl (C=O) groups is 1. The maximum absolute atomic E-state index is 12.3. The van der Waals surface area contributed by atoms with Crippen molar-refractivity contribution in [2.75, 3.05) is 24.7 Å². The van der Waals surface area contributed by atoms with Crippen LogP contribution in [0.3, 0.4) is 0 Å². The number of hydrogen-bond donors (Lipinski definition) is 4. The van der Waals surface area contributed by atoms with Crippen LogP contribution in [0.25, 0.3) is 0 Å². The van der Waals surface area contributed by atoms with Gasteiger partial charge in [0, 0.05) is 23.8 Å². The lowest BCUT2D eigenvalue weighted by molar-refractivity contribution is -0.701. The standard InChI is InChI=1S/C21H27N5O4S/c1-12-10-11-15(31-12)17(21(2,3)4)23-18-19(26(29)30-24-18)22-14-9-7-8-13(16(14)27)20(28)25(5)6/h7-11,17,22H,1-6H3,(H2-,23,24,27,28,29)/p+1/t17-/m0/s1. The molecule has 166 valence electrons. The fraction of sp³-hybridized carbons (Fsp3) is 0.381. The Hall–Kier alpha value is -3.27. The van der Waals surface area contributed by atoms with Crippen LogP contribution in [0, 0.1) is 17.2 Å². The average Bonchev–Trinajstić information content (AvgIpc) is 3.26. The molecular weight excluding hydrogens is 418 g/mol. The van der Waals surface area contributed by atoms with E-state index in [1.54, 1.807) is 37.6 Å². The van der Waals surface area contributed by atoms with Crippen LogP contribution in [0.4, 0.5) is 17.3 Å². The van der Waals surface area contributed by atoms with Crippen LogP contribution in [0.5, 0.6) is 5.75 Å². The number of H-pyrrole nitrogens is 1. The number of benzene rings is 1. The number of anilines is 3. The number of thiophene rings is 1. The fourth-order valence-corrected chi connectivity index (χ4v) is 4.31. The van der Waals surface area contributed by atoms with Gasteiger partial charge in [-0.2, -0.15) is 0 Å². The molecule has 1 aromatic carbocycles. The van der Waals surface area contributed by atoms with E-state index in [1.165, 1.54) is 15.8 Å². The van der Waals surface area contributed by atoms with Crippen LogP contribution in [0.2, 0.25) is 0 Å². The van der Waals surface area contributed by atoms with Gasteiger partial charge in [-0.3, -0.25) is 10.1 Å². The number of amides is 1. The zero-order valence-electron chi connectivity index (χ0n) is 18.4. The van der Waals surface area contributed by atoms with Crippen molar-refractivity contribution in [3.05, 3.63) is 50.6 Å². The second kappa shape index (κ2) is 8.46. The monoisotopic (exact) mass is 446 g/mol. The fourth-order valence-electron chi connectivity index (χ4n) is 3.13. The maximum atomic E-state index is 12.3. The molecule has 0 bridgehead atoms. The van der Waals surface area contributed by atoms with Crippen molar-refractivity contribution in [3.8, 4) is 5.75 Å². The number of phenolic OH excluding ortho intramolecular Hbond substituents is 1. The minimum Gasteiger partial charge on any atom is -0.504 e. The van der Waals surface area contributed by atoms with Crippen molar-refractivity contribution < 1.29 is 19.1 Å². The molecule has 2 aromatic heterocycles. The Kier molecular flexibility index (Phi) is 6.12. The molecule has 4 N–H and O–H groups in total. The quantitative estimate of drug-likeness (QED) is 0.421. The largest absolute Gasteiger partial charge is 0.504 e. The van der Waals surface area contributed by atoms with Gasteiger partial charge in [-0.15, -0.1) is 16.0 Å². The van der Waals surface area contributed by atoms with E-state index in [-0.39, 0.29) is 44.8 Å². The predicted octanol–water partition coefficient (Wildman–Crippen LogP) is 4.24. The molecule has 0 aliphatic carbocycles. The predicted molar refractivity (Wildman–Crippen MR) is 121 cm³/mol. The molecule has 0 unspecified atom stereocenters. The number of carbonyl (C=O) groups excluding carboxylic acids is 1. The summed E-state index contributed by atoms with van der Waals surface area (Å²) in [7, 11) is 3.19. The Morgan fingerprint density at radius 3 is 2.55 bits per heavy atom. The van der Waals surface area contributed by atoms with Crippen LogP contribution < -0.4 is 15.2 Å². The van der Waals surface area contributed by atoms with Crippen molar-refractivity contribution in [2.24, 2.45) is 5.41 Å². The molecule has 3 rings (SSSR count). The average molecular weight is 447 g/mol. The molecule has 31 heavy (non-hydrogen) atoms. The van der Waals surface area contributed by atoms with Gasteiger partial charge in [-0.1, -0.05) is 32.0 Å². The van der Waals surface area contributed by atoms with Gasteiger partial charge in [0.25, 0.3) is 11.7 Å². The molecule has 0 aliphatic heterocycles. The number of phenols is 1. The number of aromatic amines is 1. The van der Waals surface area contributed by atoms with E-state index in [0.717, 1.165) is 4.88 Å². The van der Waals surface area contributed by atoms with E-state index < -0.39 is 0 Å². The molecule has 10 heteroatoms. The first kappa shape index (κ1) is 22.4. The highest BCUT2D eigenvalue weighted by Gasteiger charge is 2.32. The third-order valence-electron chi connectivity index (χ3n) is 4.78. The first-order chi connectivity index (χ1) is 14.5. The highest BCUT2D eigenvalue weighted by atomic mass is 32.1. The number of nitrogens with zero attached hydrogens (tertiary/aromatic N) is 2. The van der Waals surface area contributed by atoms with Crippen LogP contribution >= 0.6 is 11.3 Å². The second-order valence-corrected chi connectivity index (χ2v) is 9.91. The first-order valence-electron chi connectivity index (χ1n) is 9.77. The normalized spacial score (nSPS) is 12.5. The van der Waals surface area contributed by atoms with E-state index in [0.29, 0.717) is 5.82 Å². The molecule has 1 atom stereocenters. The van der Waals surface area contributed by atoms with Gasteiger partial charge in [0.1, 0.15) is 5.69 Å². The van der Waals surface area contributed by atoms with Crippen LogP contribution in [-0.4, -0.2) is 35.2 Å². The lowest BCUT2D eigenvalue weighted by Gasteiger charge is -2.30. The number of hydrogen-bond acceptors (Lipinski definition) is 7. The van der Waals surface area contributed by atoms with E-state index in [9.17, 15) is 14.8 Å². The van der Waals surface area contributed by atoms with Gasteiger partial charge in [0.15, 0.2) is 10.3 Å². The molecule has 0 saturated heterocycles. The summed E-state index contributed by atoms with van der Waals surface area (Å²) < 4.78 is 5.22. The van der Waals surface area contributed by atoms with E-state index >= 15 is 0 Å². The zero-order chi connectivity index (χ0) is 22.9. The summed E-state index contributed by atoms with van der Waals surface area (Å²) in [6.07, 6.45) is 0. The SMILES string of the molecule is Cc1ccc([C@H](Nc2[nH]o[n+](=O)c2Nc2cccc(C(=O)N(C)C)c2O)C(C)(C)C)s1. The van der Waals surface area contributed by atoms with Crippen LogP contribution in [-0.2, 0) is 0 Å². The molecule has 0 fully saturated rings. The number of nitrogens with one attached hydrogen (secondary N) is 3. The smallest absolute Gasteiger partial charge is 0.371 e. The summed E-state index contributed by atoms with van der Waals surface area (Å²) in [4.78, 5) is 28.3. The Bertz CT molecular complexity index is 1140. The van der Waals surface area contributed by atoms with Crippen molar-refractivity contribution >= 4 is 34.6 Å². The molecule has 3 aromatic rings. The number of aromatic hydroxyl groups is 1. The Labute approximate surface area is 184 Å². The summed E-state index contributed by atoms with van der Waals surface area (Å²) in [5.41, 5.74) is 0.151. The van der Waals surface area contributed by atoms with E-state index in [1.807, 2.05) is 6.92 Å². The third kappa shape index (κ3) is 4.74. The minimum atomic E-state index is -0.353. The highest BCUT2D eigenvalue weighted by Crippen LogP contribution is 2.40. The number of para-hydroxylation sites is 1. The topological polar surface area (TPSA) is 116 Å². The minimum absolute atomic E-state index is 0.0345. The Balaban J connectivity index is 1.96. The Morgan fingerprint density at radius 2 is 1.97 bits per heavy atom. The lowest BCUT2D eigenvalue weighted by Crippen LogP contribution is -2.26. The lowest BCUT2D eigenvalue weighted by atomic mass is 9.86. The molecule has 0 spiro atoms. The van der Waals surface area contributed by atoms with E-state index in [4.69, 9.17) is 4.63 Å². The third-order valence-corrected chi connectivity index (χ3v) is 5.84. The summed E-state index contributed by atoms with van der Waals surface area (Å²) in [6.45, 7) is 8.34. The van der Waals surface area contributed by atoms with Gasteiger partial charge in [0.2, 0.25) is 0 Å². The molecule has 9 nitrogen and oxygen atoms in total. The van der Waals surface area contributed by atoms with Gasteiger partial charge < -0.3 is 15.3 Å². The van der Waals surface area contributed by atoms with Gasteiger partial charge in [0.05, 0.1) is 11.6 Å². The molecule has 1 amide bonds. The molecule has 2 heterocycles. The first-order valence-corrected chi connectivity index (χ1v) is 10.6. The van der Waals surface area contributed by atoms with Crippen molar-refractivity contribution in [1.82, 2.24) is 10.1 Å². The second-order valence-electron chi connectivity index (χ2n) is 8.59. The molecule has 0 saturated carbocycles. The van der Waals surface area contributed by atoms with Crippen molar-refractivity contribution in [3.63, 3.8) is 0 Å². The number of aromatic nitrogens is 2. The number of rotatable bonds is 6. The van der Waals surface area contributed by atoms with Gasteiger partial charge in [-0.25, -0.2) is 0 Å². The summed E-state index contributed by atoms with van der Waals surface area (Å²) in [6, 6.07) is 8.71. The summed E-state index contributed by atoms with van der Waals surface area (Å²) in [5.74, 6) is -0.249.